The van der Waals surface area contributed by atoms with Crippen LogP contribution in [0.15, 0.2) is 33.3 Å². The molecule has 1 aromatic carbocycles. The first kappa shape index (κ1) is 12.7. The molecule has 0 amide bonds. The van der Waals surface area contributed by atoms with Crippen LogP contribution in [0, 0.1) is 0 Å². The van der Waals surface area contributed by atoms with Gasteiger partial charge in [0.1, 0.15) is 0 Å². The lowest BCUT2D eigenvalue weighted by Gasteiger charge is -2.08. The highest BCUT2D eigenvalue weighted by atomic mass is 79.9. The van der Waals surface area contributed by atoms with E-state index in [9.17, 15) is 0 Å². The number of hydrogen-bond acceptors (Lipinski definition) is 3. The summed E-state index contributed by atoms with van der Waals surface area (Å²) in [4.78, 5) is 0. The molecule has 0 saturated carbocycles. The zero-order chi connectivity index (χ0) is 12.3. The molecule has 0 saturated heterocycles. The minimum atomic E-state index is 0.752. The minimum Gasteiger partial charge on any atom is -0.311 e. The predicted molar refractivity (Wildman–Crippen MR) is 74.1 cm³/mol. The lowest BCUT2D eigenvalue weighted by Crippen LogP contribution is -2.15. The summed E-state index contributed by atoms with van der Waals surface area (Å²) in [5, 5.41) is 11.3. The van der Waals surface area contributed by atoms with Crippen LogP contribution in [-0.2, 0) is 6.54 Å². The van der Waals surface area contributed by atoms with Crippen LogP contribution in [0.25, 0.3) is 5.69 Å². The molecule has 2 aromatic rings. The summed E-state index contributed by atoms with van der Waals surface area (Å²) in [6, 6.07) is 5.97. The van der Waals surface area contributed by atoms with Crippen molar-refractivity contribution < 1.29 is 0 Å². The molecule has 1 N–H and O–H groups in total. The van der Waals surface area contributed by atoms with Gasteiger partial charge >= 0.3 is 0 Å². The third-order valence-corrected chi connectivity index (χ3v) is 3.48. The van der Waals surface area contributed by atoms with Gasteiger partial charge < -0.3 is 5.32 Å². The van der Waals surface area contributed by atoms with Crippen molar-refractivity contribution in [2.45, 2.75) is 13.5 Å². The number of nitrogens with one attached hydrogen (secondary N) is 1. The van der Waals surface area contributed by atoms with Gasteiger partial charge in [-0.05, 0) is 40.7 Å². The molecule has 1 aromatic heterocycles. The van der Waals surface area contributed by atoms with Crippen molar-refractivity contribution in [3.8, 4) is 5.69 Å². The maximum Gasteiger partial charge on any atom is 0.0820 e. The Morgan fingerprint density at radius 1 is 1.35 bits per heavy atom. The van der Waals surface area contributed by atoms with Crippen LogP contribution >= 0.6 is 31.9 Å². The van der Waals surface area contributed by atoms with E-state index in [1.807, 2.05) is 22.9 Å². The van der Waals surface area contributed by atoms with Gasteiger partial charge in [0.25, 0.3) is 0 Å². The molecular formula is C11H12Br2N4. The molecule has 0 spiro atoms. The van der Waals surface area contributed by atoms with Gasteiger partial charge in [-0.1, -0.05) is 28.1 Å². The van der Waals surface area contributed by atoms with Crippen molar-refractivity contribution in [1.82, 2.24) is 20.3 Å². The summed E-state index contributed by atoms with van der Waals surface area (Å²) in [7, 11) is 0. The first-order valence-corrected chi connectivity index (χ1v) is 6.86. The highest BCUT2D eigenvalue weighted by molar-refractivity contribution is 9.11. The van der Waals surface area contributed by atoms with Crippen LogP contribution in [0.1, 0.15) is 12.6 Å². The average Bonchev–Trinajstić information content (AvgIpc) is 2.77. The first-order chi connectivity index (χ1) is 8.22. The van der Waals surface area contributed by atoms with Crippen LogP contribution in [-0.4, -0.2) is 21.5 Å². The van der Waals surface area contributed by atoms with Crippen molar-refractivity contribution in [3.05, 3.63) is 39.0 Å². The summed E-state index contributed by atoms with van der Waals surface area (Å²) in [6.45, 7) is 3.75. The molecule has 0 fully saturated rings. The minimum absolute atomic E-state index is 0.752. The maximum absolute atomic E-state index is 4.12. The molecule has 2 rings (SSSR count). The fraction of sp³-hybridized carbons (Fsp3) is 0.273. The summed E-state index contributed by atoms with van der Waals surface area (Å²) in [5.41, 5.74) is 2.01. The largest absolute Gasteiger partial charge is 0.311 e. The van der Waals surface area contributed by atoms with Gasteiger partial charge in [0.15, 0.2) is 0 Å². The van der Waals surface area contributed by atoms with E-state index >= 15 is 0 Å². The van der Waals surface area contributed by atoms with Crippen molar-refractivity contribution in [2.75, 3.05) is 6.54 Å². The maximum atomic E-state index is 4.12. The highest BCUT2D eigenvalue weighted by Gasteiger charge is 2.09. The predicted octanol–water partition coefficient (Wildman–Crippen LogP) is 2.90. The Hall–Kier alpha value is -0.720. The number of benzene rings is 1. The monoisotopic (exact) mass is 358 g/mol. The second kappa shape index (κ2) is 5.75. The highest BCUT2D eigenvalue weighted by Crippen LogP contribution is 2.25. The topological polar surface area (TPSA) is 42.7 Å². The van der Waals surface area contributed by atoms with Gasteiger partial charge in [-0.15, -0.1) is 5.10 Å². The van der Waals surface area contributed by atoms with Gasteiger partial charge in [-0.25, -0.2) is 4.68 Å². The van der Waals surface area contributed by atoms with E-state index in [0.717, 1.165) is 33.4 Å². The Morgan fingerprint density at radius 2 is 2.18 bits per heavy atom. The second-order valence-electron chi connectivity index (χ2n) is 3.51. The standard InChI is InChI=1S/C11H12Br2N4/c1-2-14-6-9-7-15-16-17(9)11-5-8(12)3-4-10(11)13/h3-5,7,14H,2,6H2,1H3. The fourth-order valence-corrected chi connectivity index (χ4v) is 2.24. The molecule has 6 heteroatoms. The summed E-state index contributed by atoms with van der Waals surface area (Å²) in [5.74, 6) is 0. The number of hydrogen-bond donors (Lipinski definition) is 1. The fourth-order valence-electron chi connectivity index (χ4n) is 1.48. The quantitative estimate of drug-likeness (QED) is 0.912. The number of aromatic nitrogens is 3. The molecule has 0 aliphatic carbocycles. The molecule has 0 aliphatic rings. The van der Waals surface area contributed by atoms with Crippen molar-refractivity contribution in [3.63, 3.8) is 0 Å². The molecule has 0 radical (unpaired) electrons. The molecule has 0 unspecified atom stereocenters. The normalized spacial score (nSPS) is 10.8. The third kappa shape index (κ3) is 2.94. The van der Waals surface area contributed by atoms with E-state index in [-0.39, 0.29) is 0 Å². The number of halogens is 2. The molecule has 4 nitrogen and oxygen atoms in total. The van der Waals surface area contributed by atoms with E-state index < -0.39 is 0 Å². The second-order valence-corrected chi connectivity index (χ2v) is 5.28. The Labute approximate surface area is 117 Å². The lowest BCUT2D eigenvalue weighted by atomic mass is 10.3. The molecular weight excluding hydrogens is 348 g/mol. The lowest BCUT2D eigenvalue weighted by molar-refractivity contribution is 0.671. The van der Waals surface area contributed by atoms with Gasteiger partial charge in [-0.2, -0.15) is 0 Å². The van der Waals surface area contributed by atoms with Gasteiger partial charge in [-0.3, -0.25) is 0 Å². The van der Waals surface area contributed by atoms with E-state index in [4.69, 9.17) is 0 Å². The van der Waals surface area contributed by atoms with Gasteiger partial charge in [0.05, 0.1) is 17.6 Å². The van der Waals surface area contributed by atoms with E-state index in [2.05, 4.69) is 54.4 Å². The molecule has 0 bridgehead atoms. The molecule has 90 valence electrons. The summed E-state index contributed by atoms with van der Waals surface area (Å²) < 4.78 is 3.84. The molecule has 0 atom stereocenters. The molecule has 17 heavy (non-hydrogen) atoms. The zero-order valence-electron chi connectivity index (χ0n) is 9.32. The molecule has 0 aliphatic heterocycles. The van der Waals surface area contributed by atoms with Gasteiger partial charge in [0, 0.05) is 15.5 Å². The van der Waals surface area contributed by atoms with Gasteiger partial charge in [0.2, 0.25) is 0 Å². The third-order valence-electron chi connectivity index (χ3n) is 2.31. The Morgan fingerprint density at radius 3 is 2.94 bits per heavy atom. The van der Waals surface area contributed by atoms with Crippen molar-refractivity contribution >= 4 is 31.9 Å². The summed E-state index contributed by atoms with van der Waals surface area (Å²) in [6.07, 6.45) is 1.77. The number of rotatable bonds is 4. The van der Waals surface area contributed by atoms with Crippen molar-refractivity contribution in [2.24, 2.45) is 0 Å². The van der Waals surface area contributed by atoms with Crippen LogP contribution in [0.4, 0.5) is 0 Å². The van der Waals surface area contributed by atoms with Crippen LogP contribution in [0.5, 0.6) is 0 Å². The van der Waals surface area contributed by atoms with E-state index in [0.29, 0.717) is 0 Å². The van der Waals surface area contributed by atoms with Crippen LogP contribution < -0.4 is 5.32 Å². The average molecular weight is 360 g/mol. The van der Waals surface area contributed by atoms with E-state index in [1.54, 1.807) is 6.20 Å². The van der Waals surface area contributed by atoms with Crippen molar-refractivity contribution in [1.29, 1.82) is 0 Å². The number of nitrogens with zero attached hydrogens (tertiary/aromatic N) is 3. The Balaban J connectivity index is 2.38. The van der Waals surface area contributed by atoms with E-state index in [1.165, 1.54) is 0 Å². The zero-order valence-corrected chi connectivity index (χ0v) is 12.5. The first-order valence-electron chi connectivity index (χ1n) is 5.28. The van der Waals surface area contributed by atoms with Crippen LogP contribution in [0.3, 0.4) is 0 Å². The Bertz CT molecular complexity index is 510. The molecule has 1 heterocycles. The van der Waals surface area contributed by atoms with Crippen LogP contribution in [0.2, 0.25) is 0 Å². The summed E-state index contributed by atoms with van der Waals surface area (Å²) >= 11 is 6.99. The smallest absolute Gasteiger partial charge is 0.0820 e. The Kier molecular flexibility index (Phi) is 4.31. The SMILES string of the molecule is CCNCc1cnnn1-c1cc(Br)ccc1Br.